The molecule has 1 saturated heterocycles. The summed E-state index contributed by atoms with van der Waals surface area (Å²) < 4.78 is 5.14. The zero-order valence-electron chi connectivity index (χ0n) is 15.8. The molecule has 2 aromatic carbocycles. The fraction of sp³-hybridized carbons (Fsp3) is 0.273. The van der Waals surface area contributed by atoms with Gasteiger partial charge in [0.1, 0.15) is 11.5 Å². The summed E-state index contributed by atoms with van der Waals surface area (Å²) in [5.74, 6) is -0.831. The van der Waals surface area contributed by atoms with Gasteiger partial charge in [-0.3, -0.25) is 9.59 Å². The zero-order valence-corrected chi connectivity index (χ0v) is 16.6. The van der Waals surface area contributed by atoms with Crippen molar-refractivity contribution in [2.24, 2.45) is 0 Å². The van der Waals surface area contributed by atoms with Gasteiger partial charge in [-0.05, 0) is 48.4 Å². The van der Waals surface area contributed by atoms with E-state index in [1.807, 2.05) is 6.92 Å². The van der Waals surface area contributed by atoms with Crippen LogP contribution in [-0.2, 0) is 9.59 Å². The van der Waals surface area contributed by atoms with Crippen molar-refractivity contribution in [1.29, 1.82) is 0 Å². The Bertz CT molecular complexity index is 903. The van der Waals surface area contributed by atoms with E-state index in [2.05, 4.69) is 0 Å². The van der Waals surface area contributed by atoms with Crippen molar-refractivity contribution in [2.45, 2.75) is 25.8 Å². The molecule has 0 saturated carbocycles. The molecule has 1 aliphatic heterocycles. The minimum Gasteiger partial charge on any atom is -0.507 e. The average molecular weight is 400 g/mol. The van der Waals surface area contributed by atoms with Crippen molar-refractivity contribution in [1.82, 2.24) is 4.90 Å². The number of unbranched alkanes of at least 4 members (excludes halogenated alkanes) is 1. The largest absolute Gasteiger partial charge is 0.507 e. The van der Waals surface area contributed by atoms with Crippen molar-refractivity contribution in [3.63, 3.8) is 0 Å². The van der Waals surface area contributed by atoms with Gasteiger partial charge in [0.15, 0.2) is 0 Å². The van der Waals surface area contributed by atoms with Crippen LogP contribution in [0.3, 0.4) is 0 Å². The van der Waals surface area contributed by atoms with E-state index in [-0.39, 0.29) is 11.3 Å². The number of benzene rings is 2. The van der Waals surface area contributed by atoms with E-state index in [4.69, 9.17) is 16.3 Å². The Morgan fingerprint density at radius 3 is 2.32 bits per heavy atom. The minimum atomic E-state index is -0.677. The highest BCUT2D eigenvalue weighted by Crippen LogP contribution is 2.39. The summed E-state index contributed by atoms with van der Waals surface area (Å²) in [6.07, 6.45) is 1.65. The standard InChI is InChI=1S/C22H22ClNO4/c1-3-4-13-24-19(14-5-9-16(23)10-6-14)18(21(26)22(24)27)20(25)15-7-11-17(28-2)12-8-15/h5-12,19,25H,3-4,13H2,1-2H3/b20-18+/t19-/m0/s1. The lowest BCUT2D eigenvalue weighted by molar-refractivity contribution is -0.139. The lowest BCUT2D eigenvalue weighted by Crippen LogP contribution is -2.30. The molecule has 6 heteroatoms. The van der Waals surface area contributed by atoms with Crippen LogP contribution in [0.4, 0.5) is 0 Å². The average Bonchev–Trinajstić information content (AvgIpc) is 2.97. The number of carbonyl (C=O) groups excluding carboxylic acids is 2. The molecule has 28 heavy (non-hydrogen) atoms. The monoisotopic (exact) mass is 399 g/mol. The van der Waals surface area contributed by atoms with Crippen LogP contribution < -0.4 is 4.74 Å². The molecule has 1 fully saturated rings. The van der Waals surface area contributed by atoms with Crippen LogP contribution in [0, 0.1) is 0 Å². The molecule has 3 rings (SSSR count). The highest BCUT2D eigenvalue weighted by atomic mass is 35.5. The van der Waals surface area contributed by atoms with Gasteiger partial charge in [0.2, 0.25) is 0 Å². The van der Waals surface area contributed by atoms with Crippen molar-refractivity contribution in [3.8, 4) is 5.75 Å². The maximum absolute atomic E-state index is 12.8. The van der Waals surface area contributed by atoms with Gasteiger partial charge in [0.25, 0.3) is 11.7 Å². The topological polar surface area (TPSA) is 66.8 Å². The number of halogens is 1. The smallest absolute Gasteiger partial charge is 0.295 e. The van der Waals surface area contributed by atoms with Crippen molar-refractivity contribution >= 4 is 29.1 Å². The van der Waals surface area contributed by atoms with Crippen LogP contribution in [0.15, 0.2) is 54.1 Å². The van der Waals surface area contributed by atoms with E-state index < -0.39 is 17.7 Å². The first-order chi connectivity index (χ1) is 13.5. The lowest BCUT2D eigenvalue weighted by Gasteiger charge is -2.25. The molecular formula is C22H22ClNO4. The SMILES string of the molecule is CCCCN1C(=O)C(=O)/C(=C(/O)c2ccc(OC)cc2)[C@@H]1c1ccc(Cl)cc1. The van der Waals surface area contributed by atoms with Gasteiger partial charge in [0.05, 0.1) is 18.7 Å². The maximum atomic E-state index is 12.8. The molecule has 146 valence electrons. The van der Waals surface area contributed by atoms with Crippen LogP contribution >= 0.6 is 11.6 Å². The quantitative estimate of drug-likeness (QED) is 0.439. The Morgan fingerprint density at radius 1 is 1.11 bits per heavy atom. The van der Waals surface area contributed by atoms with Gasteiger partial charge in [-0.2, -0.15) is 0 Å². The van der Waals surface area contributed by atoms with E-state index in [0.29, 0.717) is 22.9 Å². The maximum Gasteiger partial charge on any atom is 0.295 e. The molecular weight excluding hydrogens is 378 g/mol. The summed E-state index contributed by atoms with van der Waals surface area (Å²) in [6.45, 7) is 2.46. The molecule has 0 aromatic heterocycles. The third-order valence-electron chi connectivity index (χ3n) is 4.84. The normalized spacial score (nSPS) is 18.5. The second kappa shape index (κ2) is 8.48. The molecule has 2 aromatic rings. The number of methoxy groups -OCH3 is 1. The predicted octanol–water partition coefficient (Wildman–Crippen LogP) is 4.57. The van der Waals surface area contributed by atoms with Crippen LogP contribution in [0.2, 0.25) is 5.02 Å². The minimum absolute atomic E-state index is 0.0913. The third-order valence-corrected chi connectivity index (χ3v) is 5.09. The molecule has 0 spiro atoms. The van der Waals surface area contributed by atoms with Crippen LogP contribution in [0.5, 0.6) is 5.75 Å². The molecule has 5 nitrogen and oxygen atoms in total. The molecule has 1 aliphatic rings. The first-order valence-corrected chi connectivity index (χ1v) is 9.54. The summed E-state index contributed by atoms with van der Waals surface area (Å²) >= 11 is 6.00. The number of carbonyl (C=O) groups is 2. The highest BCUT2D eigenvalue weighted by molar-refractivity contribution is 6.46. The van der Waals surface area contributed by atoms with E-state index in [1.54, 1.807) is 55.6 Å². The second-order valence-electron chi connectivity index (χ2n) is 6.63. The molecule has 1 heterocycles. The third kappa shape index (κ3) is 3.76. The van der Waals surface area contributed by atoms with E-state index in [0.717, 1.165) is 18.4 Å². The lowest BCUT2D eigenvalue weighted by atomic mass is 9.95. The van der Waals surface area contributed by atoms with Crippen LogP contribution in [-0.4, -0.2) is 35.4 Å². The van der Waals surface area contributed by atoms with Crippen molar-refractivity contribution in [2.75, 3.05) is 13.7 Å². The number of rotatable bonds is 6. The summed E-state index contributed by atoms with van der Waals surface area (Å²) in [4.78, 5) is 27.0. The van der Waals surface area contributed by atoms with E-state index in [9.17, 15) is 14.7 Å². The Morgan fingerprint density at radius 2 is 1.75 bits per heavy atom. The van der Waals surface area contributed by atoms with E-state index in [1.165, 1.54) is 4.90 Å². The number of hydrogen-bond acceptors (Lipinski definition) is 4. The first kappa shape index (κ1) is 20.0. The summed E-state index contributed by atoms with van der Waals surface area (Å²) in [5, 5.41) is 11.5. The first-order valence-electron chi connectivity index (χ1n) is 9.16. The van der Waals surface area contributed by atoms with Gasteiger partial charge < -0.3 is 14.7 Å². The van der Waals surface area contributed by atoms with Crippen molar-refractivity contribution in [3.05, 3.63) is 70.3 Å². The number of amides is 1. The number of likely N-dealkylation sites (tertiary alicyclic amines) is 1. The molecule has 1 N–H and O–H groups in total. The van der Waals surface area contributed by atoms with Crippen LogP contribution in [0.1, 0.15) is 36.9 Å². The number of ketones is 1. The summed E-state index contributed by atoms with van der Waals surface area (Å²) in [6, 6.07) is 13.0. The van der Waals surface area contributed by atoms with Gasteiger partial charge in [-0.25, -0.2) is 0 Å². The fourth-order valence-corrected chi connectivity index (χ4v) is 3.46. The molecule has 0 bridgehead atoms. The Labute approximate surface area is 169 Å². The van der Waals surface area contributed by atoms with E-state index >= 15 is 0 Å². The highest BCUT2D eigenvalue weighted by Gasteiger charge is 2.45. The second-order valence-corrected chi connectivity index (χ2v) is 7.06. The number of nitrogens with zero attached hydrogens (tertiary/aromatic N) is 1. The fourth-order valence-electron chi connectivity index (χ4n) is 3.34. The van der Waals surface area contributed by atoms with Gasteiger partial charge in [0, 0.05) is 17.1 Å². The summed E-state index contributed by atoms with van der Waals surface area (Å²) in [7, 11) is 1.55. The van der Waals surface area contributed by atoms with Gasteiger partial charge >= 0.3 is 0 Å². The number of aliphatic hydroxyl groups is 1. The molecule has 0 radical (unpaired) electrons. The van der Waals surface area contributed by atoms with Gasteiger partial charge in [-0.15, -0.1) is 0 Å². The summed E-state index contributed by atoms with van der Waals surface area (Å²) in [5.41, 5.74) is 1.27. The molecule has 0 aliphatic carbocycles. The Balaban J connectivity index is 2.12. The molecule has 1 atom stereocenters. The number of ether oxygens (including phenoxy) is 1. The number of Topliss-reactive ketones (excluding diaryl/α,β-unsaturated/α-hetero) is 1. The van der Waals surface area contributed by atoms with Gasteiger partial charge in [-0.1, -0.05) is 37.1 Å². The number of aliphatic hydroxyl groups excluding tert-OH is 1. The predicted molar refractivity (Wildman–Crippen MR) is 108 cm³/mol. The number of hydrogen-bond donors (Lipinski definition) is 1. The molecule has 0 unspecified atom stereocenters. The van der Waals surface area contributed by atoms with Crippen molar-refractivity contribution < 1.29 is 19.4 Å². The zero-order chi connectivity index (χ0) is 20.3. The molecule has 1 amide bonds. The Kier molecular flexibility index (Phi) is 6.05. The van der Waals surface area contributed by atoms with Crippen LogP contribution in [0.25, 0.3) is 5.76 Å². The Hall–Kier alpha value is -2.79.